The Morgan fingerprint density at radius 1 is 1.15 bits per heavy atom. The van der Waals surface area contributed by atoms with Crippen LogP contribution < -0.4 is 10.2 Å². The number of carbonyl (C=O) groups is 2. The van der Waals surface area contributed by atoms with Gasteiger partial charge in [0.1, 0.15) is 5.82 Å². The first-order valence-corrected chi connectivity index (χ1v) is 8.61. The predicted molar refractivity (Wildman–Crippen MR) is 99.5 cm³/mol. The van der Waals surface area contributed by atoms with Crippen molar-refractivity contribution in [3.63, 3.8) is 0 Å². The minimum absolute atomic E-state index is 0.0978. The van der Waals surface area contributed by atoms with E-state index in [1.807, 2.05) is 0 Å². The SMILES string of the molecule is O=C(Nc1ccc(-n2ccnc2)c(F)c1)c1ccc(N2CCCC2=O)cc1. The van der Waals surface area contributed by atoms with Crippen molar-refractivity contribution >= 4 is 23.2 Å². The molecule has 6 nitrogen and oxygen atoms in total. The Balaban J connectivity index is 1.47. The summed E-state index contributed by atoms with van der Waals surface area (Å²) in [5.74, 6) is -0.710. The molecule has 2 heterocycles. The van der Waals surface area contributed by atoms with Crippen LogP contribution in [0.15, 0.2) is 61.2 Å². The molecule has 0 atom stereocenters. The summed E-state index contributed by atoms with van der Waals surface area (Å²) in [5, 5.41) is 2.68. The molecule has 0 bridgehead atoms. The number of nitrogens with one attached hydrogen (secondary N) is 1. The van der Waals surface area contributed by atoms with Gasteiger partial charge in [-0.05, 0) is 48.9 Å². The third-order valence-electron chi connectivity index (χ3n) is 4.50. The number of amides is 2. The van der Waals surface area contributed by atoms with Crippen LogP contribution in [0.4, 0.5) is 15.8 Å². The zero-order chi connectivity index (χ0) is 18.8. The molecule has 0 spiro atoms. The Labute approximate surface area is 155 Å². The number of imidazole rings is 1. The number of nitrogens with zero attached hydrogens (tertiary/aromatic N) is 3. The summed E-state index contributed by atoms with van der Waals surface area (Å²) in [7, 11) is 0. The van der Waals surface area contributed by atoms with Gasteiger partial charge in [0, 0.05) is 42.3 Å². The lowest BCUT2D eigenvalue weighted by Crippen LogP contribution is -2.23. The van der Waals surface area contributed by atoms with Crippen molar-refractivity contribution in [2.75, 3.05) is 16.8 Å². The van der Waals surface area contributed by atoms with Crippen LogP contribution in [-0.2, 0) is 4.79 Å². The van der Waals surface area contributed by atoms with Gasteiger partial charge in [0.2, 0.25) is 5.91 Å². The number of anilines is 2. The van der Waals surface area contributed by atoms with E-state index in [0.717, 1.165) is 12.1 Å². The molecular weight excluding hydrogens is 347 g/mol. The quantitative estimate of drug-likeness (QED) is 0.772. The smallest absolute Gasteiger partial charge is 0.255 e. The van der Waals surface area contributed by atoms with Crippen LogP contribution in [-0.4, -0.2) is 27.9 Å². The van der Waals surface area contributed by atoms with Crippen LogP contribution in [0.1, 0.15) is 23.2 Å². The monoisotopic (exact) mass is 364 g/mol. The van der Waals surface area contributed by atoms with E-state index in [9.17, 15) is 14.0 Å². The Kier molecular flexibility index (Phi) is 4.42. The number of benzene rings is 2. The average molecular weight is 364 g/mol. The molecule has 136 valence electrons. The Morgan fingerprint density at radius 3 is 2.59 bits per heavy atom. The van der Waals surface area contributed by atoms with Gasteiger partial charge >= 0.3 is 0 Å². The number of halogens is 1. The molecule has 1 N–H and O–H groups in total. The predicted octanol–water partition coefficient (Wildman–Crippen LogP) is 3.39. The summed E-state index contributed by atoms with van der Waals surface area (Å²) in [6, 6.07) is 11.3. The second-order valence-electron chi connectivity index (χ2n) is 6.29. The number of aromatic nitrogens is 2. The van der Waals surface area contributed by atoms with Gasteiger partial charge in [-0.2, -0.15) is 0 Å². The Morgan fingerprint density at radius 2 is 1.96 bits per heavy atom. The molecular formula is C20H17FN4O2. The summed E-state index contributed by atoms with van der Waals surface area (Å²) in [4.78, 5) is 29.8. The van der Waals surface area contributed by atoms with Crippen LogP contribution >= 0.6 is 0 Å². The van der Waals surface area contributed by atoms with Crippen molar-refractivity contribution in [1.82, 2.24) is 9.55 Å². The van der Waals surface area contributed by atoms with Crippen molar-refractivity contribution < 1.29 is 14.0 Å². The molecule has 27 heavy (non-hydrogen) atoms. The third kappa shape index (κ3) is 3.44. The van der Waals surface area contributed by atoms with Crippen LogP contribution in [0.25, 0.3) is 5.69 Å². The first kappa shape index (κ1) is 17.0. The molecule has 7 heteroatoms. The van der Waals surface area contributed by atoms with Crippen molar-refractivity contribution in [2.24, 2.45) is 0 Å². The van der Waals surface area contributed by atoms with E-state index in [0.29, 0.717) is 29.9 Å². The number of hydrogen-bond acceptors (Lipinski definition) is 3. The molecule has 2 aromatic carbocycles. The standard InChI is InChI=1S/C20H17FN4O2/c21-17-12-15(5-8-18(17)24-11-9-22-13-24)23-20(27)14-3-6-16(7-4-14)25-10-1-2-19(25)26/h3-9,11-13H,1-2,10H2,(H,23,27). The summed E-state index contributed by atoms with van der Waals surface area (Å²) in [6.45, 7) is 0.701. The zero-order valence-electron chi connectivity index (χ0n) is 14.4. The largest absolute Gasteiger partial charge is 0.322 e. The molecule has 1 aliphatic rings. The molecule has 0 saturated carbocycles. The fourth-order valence-electron chi connectivity index (χ4n) is 3.11. The maximum absolute atomic E-state index is 14.3. The molecule has 1 fully saturated rings. The van der Waals surface area contributed by atoms with Crippen LogP contribution in [0.5, 0.6) is 0 Å². The van der Waals surface area contributed by atoms with Crippen molar-refractivity contribution in [3.8, 4) is 5.69 Å². The van der Waals surface area contributed by atoms with Gasteiger partial charge in [0.25, 0.3) is 5.91 Å². The van der Waals surface area contributed by atoms with Crippen LogP contribution in [0, 0.1) is 5.82 Å². The van der Waals surface area contributed by atoms with Crippen LogP contribution in [0.2, 0.25) is 0 Å². The highest BCUT2D eigenvalue weighted by Crippen LogP contribution is 2.22. The number of rotatable bonds is 4. The first-order chi connectivity index (χ1) is 13.1. The minimum Gasteiger partial charge on any atom is -0.322 e. The van der Waals surface area contributed by atoms with E-state index >= 15 is 0 Å². The number of carbonyl (C=O) groups excluding carboxylic acids is 2. The maximum Gasteiger partial charge on any atom is 0.255 e. The van der Waals surface area contributed by atoms with E-state index in [1.165, 1.54) is 12.4 Å². The van der Waals surface area contributed by atoms with Gasteiger partial charge in [-0.25, -0.2) is 9.37 Å². The zero-order valence-corrected chi connectivity index (χ0v) is 14.4. The van der Waals surface area contributed by atoms with E-state index in [1.54, 1.807) is 58.3 Å². The fourth-order valence-corrected chi connectivity index (χ4v) is 3.11. The second kappa shape index (κ2) is 7.03. The van der Waals surface area contributed by atoms with Crippen molar-refractivity contribution in [3.05, 3.63) is 72.6 Å². The molecule has 1 saturated heterocycles. The van der Waals surface area contributed by atoms with Gasteiger partial charge in [0.05, 0.1) is 12.0 Å². The summed E-state index contributed by atoms with van der Waals surface area (Å²) < 4.78 is 15.8. The topological polar surface area (TPSA) is 67.2 Å². The summed E-state index contributed by atoms with van der Waals surface area (Å²) in [6.07, 6.45) is 6.12. The lowest BCUT2D eigenvalue weighted by atomic mass is 10.1. The van der Waals surface area contributed by atoms with Crippen LogP contribution in [0.3, 0.4) is 0 Å². The average Bonchev–Trinajstić information content (AvgIpc) is 3.34. The highest BCUT2D eigenvalue weighted by Gasteiger charge is 2.21. The van der Waals surface area contributed by atoms with Gasteiger partial charge in [-0.3, -0.25) is 9.59 Å². The molecule has 1 aromatic heterocycles. The van der Waals surface area contributed by atoms with E-state index < -0.39 is 5.82 Å². The van der Waals surface area contributed by atoms with Gasteiger partial charge in [0.15, 0.2) is 0 Å². The number of hydrogen-bond donors (Lipinski definition) is 1. The highest BCUT2D eigenvalue weighted by molar-refractivity contribution is 6.05. The van der Waals surface area contributed by atoms with E-state index in [4.69, 9.17) is 0 Å². The van der Waals surface area contributed by atoms with E-state index in [2.05, 4.69) is 10.3 Å². The van der Waals surface area contributed by atoms with E-state index in [-0.39, 0.29) is 11.8 Å². The molecule has 0 aliphatic carbocycles. The fraction of sp³-hybridized carbons (Fsp3) is 0.150. The van der Waals surface area contributed by atoms with Gasteiger partial charge in [-0.15, -0.1) is 0 Å². The molecule has 0 radical (unpaired) electrons. The Bertz CT molecular complexity index is 984. The molecule has 3 aromatic rings. The molecule has 4 rings (SSSR count). The molecule has 1 aliphatic heterocycles. The summed E-state index contributed by atoms with van der Waals surface area (Å²) >= 11 is 0. The first-order valence-electron chi connectivity index (χ1n) is 8.61. The molecule has 0 unspecified atom stereocenters. The Hall–Kier alpha value is -3.48. The second-order valence-corrected chi connectivity index (χ2v) is 6.29. The molecule has 2 amide bonds. The van der Waals surface area contributed by atoms with Gasteiger partial charge in [-0.1, -0.05) is 0 Å². The third-order valence-corrected chi connectivity index (χ3v) is 4.50. The lowest BCUT2D eigenvalue weighted by Gasteiger charge is -2.16. The highest BCUT2D eigenvalue weighted by atomic mass is 19.1. The maximum atomic E-state index is 14.3. The summed E-state index contributed by atoms with van der Waals surface area (Å²) in [5.41, 5.74) is 1.93. The normalized spacial score (nSPS) is 13.8. The minimum atomic E-state index is -0.464. The lowest BCUT2D eigenvalue weighted by molar-refractivity contribution is -0.117. The van der Waals surface area contributed by atoms with Crippen molar-refractivity contribution in [1.29, 1.82) is 0 Å². The van der Waals surface area contributed by atoms with Crippen molar-refractivity contribution in [2.45, 2.75) is 12.8 Å². The van der Waals surface area contributed by atoms with Gasteiger partial charge < -0.3 is 14.8 Å².